The van der Waals surface area contributed by atoms with E-state index >= 15 is 0 Å². The Morgan fingerprint density at radius 2 is 2.00 bits per heavy atom. The molecule has 1 aromatic rings. The summed E-state index contributed by atoms with van der Waals surface area (Å²) in [5, 5.41) is 3.48. The first-order valence-electron chi connectivity index (χ1n) is 7.29. The largest absolute Gasteiger partial charge is 0.377 e. The van der Waals surface area contributed by atoms with Gasteiger partial charge in [-0.2, -0.15) is 0 Å². The molecule has 1 N–H and O–H groups in total. The third kappa shape index (κ3) is 4.83. The van der Waals surface area contributed by atoms with E-state index in [9.17, 15) is 4.39 Å². The predicted octanol–water partition coefficient (Wildman–Crippen LogP) is 4.17. The van der Waals surface area contributed by atoms with Gasteiger partial charge in [-0.05, 0) is 53.4 Å². The molecule has 114 valence electrons. The van der Waals surface area contributed by atoms with E-state index in [1.54, 1.807) is 6.07 Å². The summed E-state index contributed by atoms with van der Waals surface area (Å²) in [6.45, 7) is 9.97. The molecule has 0 heterocycles. The van der Waals surface area contributed by atoms with Gasteiger partial charge in [0, 0.05) is 12.6 Å². The summed E-state index contributed by atoms with van der Waals surface area (Å²) >= 11 is 3.34. The molecular weight excluding hydrogens is 321 g/mol. The molecule has 0 saturated heterocycles. The Kier molecular flexibility index (Phi) is 7.70. The second kappa shape index (κ2) is 8.75. The molecule has 0 saturated carbocycles. The van der Waals surface area contributed by atoms with Gasteiger partial charge in [0.1, 0.15) is 5.82 Å². The highest BCUT2D eigenvalue weighted by atomic mass is 79.9. The fourth-order valence-corrected chi connectivity index (χ4v) is 2.90. The first kappa shape index (κ1) is 17.6. The summed E-state index contributed by atoms with van der Waals surface area (Å²) in [6.07, 6.45) is 0.866. The number of likely N-dealkylation sites (N-methyl/N-ethyl adjacent to an activating group) is 1. The van der Waals surface area contributed by atoms with Gasteiger partial charge in [-0.3, -0.25) is 0 Å². The maximum Gasteiger partial charge on any atom is 0.137 e. The van der Waals surface area contributed by atoms with E-state index in [1.807, 2.05) is 13.0 Å². The number of benzene rings is 1. The van der Waals surface area contributed by atoms with Crippen LogP contribution in [-0.4, -0.2) is 25.3 Å². The van der Waals surface area contributed by atoms with Gasteiger partial charge in [0.05, 0.1) is 10.6 Å². The first-order chi connectivity index (χ1) is 9.51. The fourth-order valence-electron chi connectivity index (χ4n) is 2.48. The molecule has 0 aliphatic rings. The Balaban J connectivity index is 2.92. The summed E-state index contributed by atoms with van der Waals surface area (Å²) < 4.78 is 20.1. The number of rotatable bonds is 8. The van der Waals surface area contributed by atoms with E-state index in [1.165, 1.54) is 6.07 Å². The van der Waals surface area contributed by atoms with Gasteiger partial charge in [-0.15, -0.1) is 0 Å². The lowest BCUT2D eigenvalue weighted by Gasteiger charge is -2.31. The van der Waals surface area contributed by atoms with Crippen molar-refractivity contribution in [3.05, 3.63) is 34.1 Å². The normalized spacial score (nSPS) is 14.6. The van der Waals surface area contributed by atoms with Crippen LogP contribution in [0.25, 0.3) is 0 Å². The molecule has 2 nitrogen and oxygen atoms in total. The van der Waals surface area contributed by atoms with Crippen molar-refractivity contribution in [1.29, 1.82) is 0 Å². The maximum atomic E-state index is 13.6. The molecule has 0 radical (unpaired) electrons. The average molecular weight is 346 g/mol. The van der Waals surface area contributed by atoms with E-state index in [0.717, 1.165) is 18.5 Å². The van der Waals surface area contributed by atoms with E-state index < -0.39 is 0 Å². The van der Waals surface area contributed by atoms with E-state index in [0.29, 0.717) is 17.0 Å². The van der Waals surface area contributed by atoms with Crippen molar-refractivity contribution in [1.82, 2.24) is 5.32 Å². The van der Waals surface area contributed by atoms with Gasteiger partial charge in [0.2, 0.25) is 0 Å². The van der Waals surface area contributed by atoms with Crippen molar-refractivity contribution in [2.75, 3.05) is 13.2 Å². The van der Waals surface area contributed by atoms with Gasteiger partial charge in [-0.1, -0.05) is 32.9 Å². The lowest BCUT2D eigenvalue weighted by atomic mass is 9.93. The van der Waals surface area contributed by atoms with Crippen LogP contribution in [0.5, 0.6) is 0 Å². The average Bonchev–Trinajstić information content (AvgIpc) is 2.40. The quantitative estimate of drug-likeness (QED) is 0.763. The van der Waals surface area contributed by atoms with E-state index in [-0.39, 0.29) is 18.0 Å². The van der Waals surface area contributed by atoms with Crippen molar-refractivity contribution in [2.45, 2.75) is 46.3 Å². The second-order valence-corrected chi connectivity index (χ2v) is 6.04. The van der Waals surface area contributed by atoms with Crippen molar-refractivity contribution in [3.63, 3.8) is 0 Å². The fraction of sp³-hybridized carbons (Fsp3) is 0.625. The molecule has 0 aliphatic carbocycles. The van der Waals surface area contributed by atoms with Crippen LogP contribution in [0.4, 0.5) is 4.39 Å². The molecule has 4 heteroatoms. The SMILES string of the molecule is CCNC(Cc1cccc(F)c1Br)C(OCC)C(C)C. The molecule has 2 atom stereocenters. The van der Waals surface area contributed by atoms with Crippen molar-refractivity contribution < 1.29 is 9.13 Å². The Morgan fingerprint density at radius 1 is 1.30 bits per heavy atom. The second-order valence-electron chi connectivity index (χ2n) is 5.25. The van der Waals surface area contributed by atoms with Crippen LogP contribution in [0, 0.1) is 11.7 Å². The summed E-state index contributed by atoms with van der Waals surface area (Å²) in [6, 6.07) is 5.36. The van der Waals surface area contributed by atoms with Crippen molar-refractivity contribution >= 4 is 15.9 Å². The first-order valence-corrected chi connectivity index (χ1v) is 8.08. The highest BCUT2D eigenvalue weighted by Gasteiger charge is 2.25. The Hall–Kier alpha value is -0.450. The van der Waals surface area contributed by atoms with Crippen LogP contribution >= 0.6 is 15.9 Å². The minimum atomic E-state index is -0.213. The molecule has 0 aliphatic heterocycles. The Labute approximate surface area is 130 Å². The van der Waals surface area contributed by atoms with Crippen LogP contribution in [0.15, 0.2) is 22.7 Å². The minimum Gasteiger partial charge on any atom is -0.377 e. The standard InChI is InChI=1S/C16H25BrFNO/c1-5-19-14(16(11(3)4)20-6-2)10-12-8-7-9-13(18)15(12)17/h7-9,11,14,16,19H,5-6,10H2,1-4H3. The Bertz CT molecular complexity index is 411. The van der Waals surface area contributed by atoms with Crippen molar-refractivity contribution in [2.24, 2.45) is 5.92 Å². The van der Waals surface area contributed by atoms with Gasteiger partial charge in [-0.25, -0.2) is 4.39 Å². The zero-order valence-electron chi connectivity index (χ0n) is 12.7. The summed E-state index contributed by atoms with van der Waals surface area (Å²) in [5.74, 6) is 0.196. The molecule has 0 bridgehead atoms. The summed E-state index contributed by atoms with van der Waals surface area (Å²) in [7, 11) is 0. The number of hydrogen-bond acceptors (Lipinski definition) is 2. The summed E-state index contributed by atoms with van der Waals surface area (Å²) in [5.41, 5.74) is 0.973. The molecule has 0 aromatic heterocycles. The van der Waals surface area contributed by atoms with Crippen LogP contribution in [0.2, 0.25) is 0 Å². The van der Waals surface area contributed by atoms with Crippen LogP contribution in [0.1, 0.15) is 33.3 Å². The zero-order valence-corrected chi connectivity index (χ0v) is 14.3. The molecule has 0 amide bonds. The molecule has 1 aromatic carbocycles. The number of ether oxygens (including phenoxy) is 1. The van der Waals surface area contributed by atoms with Gasteiger partial charge in [0.25, 0.3) is 0 Å². The number of hydrogen-bond donors (Lipinski definition) is 1. The molecule has 2 unspecified atom stereocenters. The number of halogens is 2. The van der Waals surface area contributed by atoms with Crippen LogP contribution in [-0.2, 0) is 11.2 Å². The predicted molar refractivity (Wildman–Crippen MR) is 85.5 cm³/mol. The van der Waals surface area contributed by atoms with Gasteiger partial charge >= 0.3 is 0 Å². The van der Waals surface area contributed by atoms with Gasteiger partial charge in [0.15, 0.2) is 0 Å². The highest BCUT2D eigenvalue weighted by Crippen LogP contribution is 2.24. The monoisotopic (exact) mass is 345 g/mol. The molecule has 1 rings (SSSR count). The lowest BCUT2D eigenvalue weighted by molar-refractivity contribution is 0.00390. The Morgan fingerprint density at radius 3 is 2.55 bits per heavy atom. The zero-order chi connectivity index (χ0) is 15.1. The third-order valence-corrected chi connectivity index (χ3v) is 4.24. The van der Waals surface area contributed by atoms with Crippen molar-refractivity contribution in [3.8, 4) is 0 Å². The molecular formula is C16H25BrFNO. The van der Waals surface area contributed by atoms with E-state index in [2.05, 4.69) is 42.0 Å². The maximum absolute atomic E-state index is 13.6. The molecule has 0 spiro atoms. The summed E-state index contributed by atoms with van der Waals surface area (Å²) in [4.78, 5) is 0. The lowest BCUT2D eigenvalue weighted by Crippen LogP contribution is -2.45. The third-order valence-electron chi connectivity index (χ3n) is 3.35. The van der Waals surface area contributed by atoms with Gasteiger partial charge < -0.3 is 10.1 Å². The van der Waals surface area contributed by atoms with Crippen LogP contribution in [0.3, 0.4) is 0 Å². The smallest absolute Gasteiger partial charge is 0.137 e. The molecule has 20 heavy (non-hydrogen) atoms. The minimum absolute atomic E-state index is 0.120. The van der Waals surface area contributed by atoms with Crippen LogP contribution < -0.4 is 5.32 Å². The number of nitrogens with one attached hydrogen (secondary N) is 1. The topological polar surface area (TPSA) is 21.3 Å². The highest BCUT2D eigenvalue weighted by molar-refractivity contribution is 9.10. The van der Waals surface area contributed by atoms with E-state index in [4.69, 9.17) is 4.74 Å². The molecule has 0 fully saturated rings.